The molecule has 29 heavy (non-hydrogen) atoms. The molecule has 0 unspecified atom stereocenters. The summed E-state index contributed by atoms with van der Waals surface area (Å²) in [5.41, 5.74) is 0. The van der Waals surface area contributed by atoms with Crippen molar-refractivity contribution in [2.24, 2.45) is 5.92 Å². The van der Waals surface area contributed by atoms with Crippen molar-refractivity contribution in [3.05, 3.63) is 30.3 Å². The molecule has 0 bridgehead atoms. The summed E-state index contributed by atoms with van der Waals surface area (Å²) >= 11 is 0. The minimum Gasteiger partial charge on any atom is -0.353 e. The minimum absolute atomic E-state index is 0.00113. The molecule has 2 fully saturated rings. The van der Waals surface area contributed by atoms with Crippen LogP contribution in [0.5, 0.6) is 0 Å². The number of nitrogens with one attached hydrogen (secondary N) is 2. The molecule has 0 radical (unpaired) electrons. The van der Waals surface area contributed by atoms with Gasteiger partial charge in [0, 0.05) is 25.2 Å². The molecular weight excluding hydrogens is 414 g/mol. The van der Waals surface area contributed by atoms with Crippen molar-refractivity contribution >= 4 is 26.0 Å². The van der Waals surface area contributed by atoms with Crippen LogP contribution in [0.2, 0.25) is 0 Å². The number of carbonyl (C=O) groups is 1. The summed E-state index contributed by atoms with van der Waals surface area (Å²) in [5, 5.41) is 3.05. The summed E-state index contributed by atoms with van der Waals surface area (Å²) in [6.45, 7) is 0.608. The summed E-state index contributed by atoms with van der Waals surface area (Å²) in [6.07, 6.45) is 5.23. The van der Waals surface area contributed by atoms with Gasteiger partial charge in [0.15, 0.2) is 0 Å². The zero-order valence-corrected chi connectivity index (χ0v) is 18.2. The summed E-state index contributed by atoms with van der Waals surface area (Å²) in [7, 11) is -6.82. The van der Waals surface area contributed by atoms with Gasteiger partial charge in [0.25, 0.3) is 0 Å². The first-order chi connectivity index (χ1) is 13.6. The summed E-state index contributed by atoms with van der Waals surface area (Å²) in [5.74, 6) is -0.480. The molecule has 1 amide bonds. The van der Waals surface area contributed by atoms with E-state index in [4.69, 9.17) is 0 Å². The second-order valence-electron chi connectivity index (χ2n) is 7.96. The van der Waals surface area contributed by atoms with Crippen molar-refractivity contribution in [3.8, 4) is 0 Å². The Hall–Kier alpha value is -1.49. The molecule has 162 valence electrons. The molecule has 1 atom stereocenters. The third-order valence-electron chi connectivity index (χ3n) is 5.59. The highest BCUT2D eigenvalue weighted by Gasteiger charge is 2.34. The van der Waals surface area contributed by atoms with Crippen LogP contribution >= 0.6 is 0 Å². The molecule has 1 aliphatic heterocycles. The molecule has 8 nitrogen and oxygen atoms in total. The molecule has 2 N–H and O–H groups in total. The number of piperidine rings is 1. The predicted octanol–water partition coefficient (Wildman–Crippen LogP) is 1.06. The highest BCUT2D eigenvalue weighted by atomic mass is 32.2. The number of hydrogen-bond donors (Lipinski definition) is 2. The maximum Gasteiger partial charge on any atom is 0.243 e. The average molecular weight is 444 g/mol. The van der Waals surface area contributed by atoms with Gasteiger partial charge < -0.3 is 5.32 Å². The standard InChI is InChI=1S/C19H29N3O5S2/c1-28(24,25)21-17-11-9-16(10-12-17)20-19(23)15-6-5-13-22(14-15)29(26,27)18-7-3-2-4-8-18/h2-4,7-8,15-17,21H,5-6,9-14H2,1H3,(H,20,23)/t15-,16?,17?/m0/s1. The number of nitrogens with zero attached hydrogens (tertiary/aromatic N) is 1. The highest BCUT2D eigenvalue weighted by Crippen LogP contribution is 2.25. The first-order valence-electron chi connectivity index (χ1n) is 9.98. The lowest BCUT2D eigenvalue weighted by Crippen LogP contribution is -2.49. The normalized spacial score (nSPS) is 26.7. The van der Waals surface area contributed by atoms with Gasteiger partial charge in [-0.25, -0.2) is 21.6 Å². The Morgan fingerprint density at radius 2 is 1.59 bits per heavy atom. The Morgan fingerprint density at radius 1 is 0.966 bits per heavy atom. The zero-order valence-electron chi connectivity index (χ0n) is 16.6. The molecule has 0 aromatic heterocycles. The smallest absolute Gasteiger partial charge is 0.243 e. The summed E-state index contributed by atoms with van der Waals surface area (Å²) in [4.78, 5) is 13.0. The van der Waals surface area contributed by atoms with Crippen LogP contribution in [0.3, 0.4) is 0 Å². The van der Waals surface area contributed by atoms with Crippen LogP contribution in [0.25, 0.3) is 0 Å². The van der Waals surface area contributed by atoms with Crippen LogP contribution in [-0.4, -0.2) is 58.5 Å². The van der Waals surface area contributed by atoms with Gasteiger partial charge in [0.1, 0.15) is 0 Å². The van der Waals surface area contributed by atoms with Gasteiger partial charge in [-0.3, -0.25) is 4.79 Å². The number of hydrogen-bond acceptors (Lipinski definition) is 5. The van der Waals surface area contributed by atoms with Crippen LogP contribution in [0.4, 0.5) is 0 Å². The molecule has 3 rings (SSSR count). The van der Waals surface area contributed by atoms with Crippen LogP contribution in [0.15, 0.2) is 35.2 Å². The monoisotopic (exact) mass is 443 g/mol. The van der Waals surface area contributed by atoms with Gasteiger partial charge in [0.05, 0.1) is 17.1 Å². The van der Waals surface area contributed by atoms with E-state index in [1.165, 1.54) is 4.31 Å². The van der Waals surface area contributed by atoms with Crippen LogP contribution in [0.1, 0.15) is 38.5 Å². The van der Waals surface area contributed by atoms with Crippen molar-refractivity contribution in [2.75, 3.05) is 19.3 Å². The Labute approximate surface area is 173 Å². The van der Waals surface area contributed by atoms with E-state index < -0.39 is 20.0 Å². The maximum absolute atomic E-state index is 12.8. The SMILES string of the molecule is CS(=O)(=O)NC1CCC(NC(=O)[C@H]2CCCN(S(=O)(=O)c3ccccc3)C2)CC1. The number of sulfonamides is 2. The first-order valence-corrected chi connectivity index (χ1v) is 13.3. The summed E-state index contributed by atoms with van der Waals surface area (Å²) in [6, 6.07) is 8.21. The number of carbonyl (C=O) groups excluding carboxylic acids is 1. The van der Waals surface area contributed by atoms with Gasteiger partial charge >= 0.3 is 0 Å². The molecule has 2 aliphatic rings. The van der Waals surface area contributed by atoms with Crippen molar-refractivity contribution in [3.63, 3.8) is 0 Å². The fraction of sp³-hybridized carbons (Fsp3) is 0.632. The van der Waals surface area contributed by atoms with Gasteiger partial charge in [-0.2, -0.15) is 4.31 Å². The second-order valence-corrected chi connectivity index (χ2v) is 11.7. The molecule has 1 aromatic rings. The largest absolute Gasteiger partial charge is 0.353 e. The lowest BCUT2D eigenvalue weighted by molar-refractivity contribution is -0.127. The van der Waals surface area contributed by atoms with Crippen molar-refractivity contribution in [2.45, 2.75) is 55.5 Å². The van der Waals surface area contributed by atoms with Gasteiger partial charge in [-0.1, -0.05) is 18.2 Å². The molecule has 10 heteroatoms. The fourth-order valence-corrected chi connectivity index (χ4v) is 6.48. The Kier molecular flexibility index (Phi) is 6.98. The Balaban J connectivity index is 1.54. The van der Waals surface area contributed by atoms with Gasteiger partial charge in [0.2, 0.25) is 26.0 Å². The lowest BCUT2D eigenvalue weighted by atomic mass is 9.90. The molecule has 1 aliphatic carbocycles. The van der Waals surface area contributed by atoms with E-state index in [2.05, 4.69) is 10.0 Å². The van der Waals surface area contributed by atoms with E-state index in [1.54, 1.807) is 30.3 Å². The third kappa shape index (κ3) is 6.00. The van der Waals surface area contributed by atoms with E-state index in [9.17, 15) is 21.6 Å². The second kappa shape index (κ2) is 9.11. The molecule has 1 saturated carbocycles. The fourth-order valence-electron chi connectivity index (χ4n) is 4.09. The molecular formula is C19H29N3O5S2. The van der Waals surface area contributed by atoms with Crippen LogP contribution < -0.4 is 10.0 Å². The van der Waals surface area contributed by atoms with Gasteiger partial charge in [-0.05, 0) is 50.7 Å². The highest BCUT2D eigenvalue weighted by molar-refractivity contribution is 7.89. The third-order valence-corrected chi connectivity index (χ3v) is 8.23. The quantitative estimate of drug-likeness (QED) is 0.683. The average Bonchev–Trinajstić information content (AvgIpc) is 2.69. The van der Waals surface area contributed by atoms with Crippen LogP contribution in [0, 0.1) is 5.92 Å². The number of benzene rings is 1. The molecule has 1 saturated heterocycles. The Bertz CT molecular complexity index is 910. The van der Waals surface area contributed by atoms with E-state index in [0.717, 1.165) is 6.26 Å². The van der Waals surface area contributed by atoms with Crippen LogP contribution in [-0.2, 0) is 24.8 Å². The van der Waals surface area contributed by atoms with E-state index >= 15 is 0 Å². The van der Waals surface area contributed by atoms with E-state index in [0.29, 0.717) is 45.1 Å². The van der Waals surface area contributed by atoms with Gasteiger partial charge in [-0.15, -0.1) is 0 Å². The predicted molar refractivity (Wildman–Crippen MR) is 110 cm³/mol. The zero-order chi connectivity index (χ0) is 21.1. The van der Waals surface area contributed by atoms with E-state index in [-0.39, 0.29) is 35.3 Å². The topological polar surface area (TPSA) is 113 Å². The molecule has 0 spiro atoms. The van der Waals surface area contributed by atoms with Crippen molar-refractivity contribution in [1.29, 1.82) is 0 Å². The number of rotatable bonds is 6. The molecule has 1 aromatic carbocycles. The first kappa shape index (κ1) is 22.2. The van der Waals surface area contributed by atoms with Crippen molar-refractivity contribution < 1.29 is 21.6 Å². The van der Waals surface area contributed by atoms with E-state index in [1.807, 2.05) is 0 Å². The van der Waals surface area contributed by atoms with Crippen molar-refractivity contribution in [1.82, 2.24) is 14.3 Å². The molecule has 1 heterocycles. The lowest BCUT2D eigenvalue weighted by Gasteiger charge is -2.34. The number of amides is 1. The minimum atomic E-state index is -3.60. The summed E-state index contributed by atoms with van der Waals surface area (Å²) < 4.78 is 52.4. The Morgan fingerprint density at radius 3 is 2.21 bits per heavy atom. The maximum atomic E-state index is 12.8.